The van der Waals surface area contributed by atoms with Crippen LogP contribution in [0.4, 0.5) is 0 Å². The molecule has 19 heavy (non-hydrogen) atoms. The molecule has 0 spiro atoms. The lowest BCUT2D eigenvalue weighted by Crippen LogP contribution is -2.22. The van der Waals surface area contributed by atoms with Gasteiger partial charge in [0.2, 0.25) is 0 Å². The Morgan fingerprint density at radius 2 is 2.16 bits per heavy atom. The van der Waals surface area contributed by atoms with Crippen molar-refractivity contribution in [3.63, 3.8) is 0 Å². The van der Waals surface area contributed by atoms with Crippen molar-refractivity contribution < 1.29 is 19.1 Å². The highest BCUT2D eigenvalue weighted by Crippen LogP contribution is 2.35. The number of thioether (sulfide) groups is 1. The molecule has 6 nitrogen and oxygen atoms in total. The second-order valence-electron chi connectivity index (χ2n) is 3.75. The number of esters is 2. The molecule has 1 atom stereocenters. The minimum Gasteiger partial charge on any atom is -0.466 e. The smallest absolute Gasteiger partial charge is 0.354 e. The topological polar surface area (TPSA) is 88.4 Å². The van der Waals surface area contributed by atoms with Gasteiger partial charge in [0.1, 0.15) is 5.70 Å². The lowest BCUT2D eigenvalue weighted by atomic mass is 10.2. The molecule has 1 N–H and O–H groups in total. The Hall–Kier alpha value is -1.94. The summed E-state index contributed by atoms with van der Waals surface area (Å²) in [4.78, 5) is 22.7. The molecule has 0 aromatic carbocycles. The van der Waals surface area contributed by atoms with Gasteiger partial charge in [-0.05, 0) is 6.42 Å². The Balaban J connectivity index is 2.97. The number of nitrogens with one attached hydrogen (secondary N) is 1. The maximum absolute atomic E-state index is 11.6. The number of carbonyl (C=O) groups is 2. The van der Waals surface area contributed by atoms with Crippen LogP contribution in [-0.4, -0.2) is 31.4 Å². The molecule has 0 saturated heterocycles. The van der Waals surface area contributed by atoms with Crippen LogP contribution in [0.1, 0.15) is 13.3 Å². The second kappa shape index (κ2) is 6.85. The fourth-order valence-corrected chi connectivity index (χ4v) is 2.54. The van der Waals surface area contributed by atoms with Crippen LogP contribution in [0.3, 0.4) is 0 Å². The Morgan fingerprint density at radius 1 is 1.47 bits per heavy atom. The third-order valence-electron chi connectivity index (χ3n) is 2.34. The predicted molar refractivity (Wildman–Crippen MR) is 69.6 cm³/mol. The molecule has 0 bridgehead atoms. The molecule has 1 aliphatic heterocycles. The highest BCUT2D eigenvalue weighted by molar-refractivity contribution is 8.03. The number of hydrogen-bond acceptors (Lipinski definition) is 7. The van der Waals surface area contributed by atoms with Crippen LogP contribution in [0.2, 0.25) is 0 Å². The molecule has 102 valence electrons. The number of hydrogen-bond donors (Lipinski definition) is 1. The summed E-state index contributed by atoms with van der Waals surface area (Å²) in [5, 5.41) is 12.6. The van der Waals surface area contributed by atoms with E-state index in [-0.39, 0.29) is 10.9 Å². The molecule has 1 heterocycles. The van der Waals surface area contributed by atoms with Crippen molar-refractivity contribution in [1.82, 2.24) is 5.32 Å². The Bertz CT molecular complexity index is 490. The van der Waals surface area contributed by atoms with E-state index in [1.54, 1.807) is 0 Å². The van der Waals surface area contributed by atoms with Crippen LogP contribution in [-0.2, 0) is 19.1 Å². The molecule has 1 unspecified atom stereocenters. The first-order valence-electron chi connectivity index (χ1n) is 5.46. The zero-order valence-electron chi connectivity index (χ0n) is 10.9. The molecule has 0 aromatic rings. The second-order valence-corrected chi connectivity index (χ2v) is 5.20. The van der Waals surface area contributed by atoms with Crippen LogP contribution in [0.5, 0.6) is 0 Å². The molecule has 0 amide bonds. The van der Waals surface area contributed by atoms with E-state index in [2.05, 4.69) is 20.9 Å². The van der Waals surface area contributed by atoms with Gasteiger partial charge in [0.15, 0.2) is 0 Å². The summed E-state index contributed by atoms with van der Waals surface area (Å²) in [5.74, 6) is -1.38. The molecule has 0 aromatic heterocycles. The third kappa shape index (κ3) is 4.03. The SMILES string of the molecule is COC(=O)/C=C(\NC1=C(C#N)CC(C)S1)C(=O)OC. The molecule has 0 saturated carbocycles. The molecule has 0 fully saturated rings. The standard InChI is InChI=1S/C12H14N2O4S/c1-7-4-8(6-13)11(19-7)14-9(12(16)18-3)5-10(15)17-2/h5,7,14H,4H2,1-3H3/b9-5-. The summed E-state index contributed by atoms with van der Waals surface area (Å²) in [7, 11) is 2.42. The van der Waals surface area contributed by atoms with Crippen molar-refractivity contribution in [2.75, 3.05) is 14.2 Å². The van der Waals surface area contributed by atoms with E-state index < -0.39 is 11.9 Å². The zero-order valence-corrected chi connectivity index (χ0v) is 11.7. The Labute approximate surface area is 115 Å². The maximum atomic E-state index is 11.6. The van der Waals surface area contributed by atoms with E-state index in [4.69, 9.17) is 5.26 Å². The summed E-state index contributed by atoms with van der Waals surface area (Å²) in [5.41, 5.74) is 0.496. The number of methoxy groups -OCH3 is 2. The van der Waals surface area contributed by atoms with Gasteiger partial charge in [0.25, 0.3) is 0 Å². The number of nitriles is 1. The summed E-state index contributed by atoms with van der Waals surface area (Å²) < 4.78 is 9.03. The monoisotopic (exact) mass is 282 g/mol. The van der Waals surface area contributed by atoms with Gasteiger partial charge < -0.3 is 14.8 Å². The number of nitrogens with zero attached hydrogens (tertiary/aromatic N) is 1. The lowest BCUT2D eigenvalue weighted by molar-refractivity contribution is -0.138. The number of rotatable bonds is 4. The molecular weight excluding hydrogens is 268 g/mol. The van der Waals surface area contributed by atoms with Crippen molar-refractivity contribution in [2.45, 2.75) is 18.6 Å². The first-order chi connectivity index (χ1) is 9.01. The van der Waals surface area contributed by atoms with Crippen molar-refractivity contribution >= 4 is 23.7 Å². The molecule has 0 radical (unpaired) electrons. The van der Waals surface area contributed by atoms with E-state index in [0.717, 1.165) is 6.08 Å². The van der Waals surface area contributed by atoms with Crippen LogP contribution >= 0.6 is 11.8 Å². The summed E-state index contributed by atoms with van der Waals surface area (Å²) in [6.07, 6.45) is 1.62. The van der Waals surface area contributed by atoms with Crippen LogP contribution in [0, 0.1) is 11.3 Å². The molecule has 0 aliphatic carbocycles. The molecule has 7 heteroatoms. The zero-order chi connectivity index (χ0) is 14.4. The van der Waals surface area contributed by atoms with E-state index in [9.17, 15) is 9.59 Å². The van der Waals surface area contributed by atoms with Gasteiger partial charge >= 0.3 is 11.9 Å². The summed E-state index contributed by atoms with van der Waals surface area (Å²) in [6, 6.07) is 2.07. The van der Waals surface area contributed by atoms with Crippen LogP contribution in [0.15, 0.2) is 22.4 Å². The van der Waals surface area contributed by atoms with Crippen LogP contribution in [0.25, 0.3) is 0 Å². The molecular formula is C12H14N2O4S. The number of ether oxygens (including phenoxy) is 2. The average molecular weight is 282 g/mol. The van der Waals surface area contributed by atoms with Gasteiger partial charge in [-0.15, -0.1) is 11.8 Å². The van der Waals surface area contributed by atoms with E-state index in [1.807, 2.05) is 6.92 Å². The Morgan fingerprint density at radius 3 is 2.68 bits per heavy atom. The van der Waals surface area contributed by atoms with E-state index >= 15 is 0 Å². The normalized spacial score (nSPS) is 18.8. The fourth-order valence-electron chi connectivity index (χ4n) is 1.45. The van der Waals surface area contributed by atoms with Gasteiger partial charge in [-0.3, -0.25) is 0 Å². The van der Waals surface area contributed by atoms with E-state index in [0.29, 0.717) is 17.0 Å². The molecule has 1 aliphatic rings. The number of carbonyl (C=O) groups excluding carboxylic acids is 2. The predicted octanol–water partition coefficient (Wildman–Crippen LogP) is 1.07. The third-order valence-corrected chi connectivity index (χ3v) is 3.49. The van der Waals surface area contributed by atoms with Crippen molar-refractivity contribution in [3.05, 3.63) is 22.4 Å². The minimum absolute atomic E-state index is 0.0568. The summed E-state index contributed by atoms with van der Waals surface area (Å²) in [6.45, 7) is 1.97. The van der Waals surface area contributed by atoms with Crippen molar-refractivity contribution in [2.24, 2.45) is 0 Å². The highest BCUT2D eigenvalue weighted by Gasteiger charge is 2.24. The van der Waals surface area contributed by atoms with Gasteiger partial charge in [0, 0.05) is 5.25 Å². The fraction of sp³-hybridized carbons (Fsp3) is 0.417. The van der Waals surface area contributed by atoms with Crippen molar-refractivity contribution in [3.8, 4) is 6.07 Å². The van der Waals surface area contributed by atoms with Gasteiger partial charge in [-0.25, -0.2) is 9.59 Å². The van der Waals surface area contributed by atoms with Gasteiger partial charge in [-0.2, -0.15) is 5.26 Å². The Kier molecular flexibility index (Phi) is 5.45. The average Bonchev–Trinajstić information content (AvgIpc) is 2.76. The van der Waals surface area contributed by atoms with Gasteiger partial charge in [0.05, 0.1) is 37.0 Å². The molecule has 1 rings (SSSR count). The van der Waals surface area contributed by atoms with E-state index in [1.165, 1.54) is 26.0 Å². The minimum atomic E-state index is -0.699. The first kappa shape index (κ1) is 15.1. The highest BCUT2D eigenvalue weighted by atomic mass is 32.2. The lowest BCUT2D eigenvalue weighted by Gasteiger charge is -2.10. The summed E-state index contributed by atoms with van der Waals surface area (Å²) >= 11 is 1.43. The van der Waals surface area contributed by atoms with Crippen molar-refractivity contribution in [1.29, 1.82) is 5.26 Å². The quantitative estimate of drug-likeness (QED) is 0.609. The first-order valence-corrected chi connectivity index (χ1v) is 6.34. The van der Waals surface area contributed by atoms with Crippen LogP contribution < -0.4 is 5.32 Å². The van der Waals surface area contributed by atoms with Gasteiger partial charge in [-0.1, -0.05) is 6.92 Å². The number of allylic oxidation sites excluding steroid dienone is 1. The maximum Gasteiger partial charge on any atom is 0.354 e. The largest absolute Gasteiger partial charge is 0.466 e.